The van der Waals surface area contributed by atoms with E-state index in [1.54, 1.807) is 28.1 Å². The molecule has 0 saturated carbocycles. The van der Waals surface area contributed by atoms with Crippen LogP contribution in [0.3, 0.4) is 0 Å². The maximum atomic E-state index is 13.5. The third kappa shape index (κ3) is 14.1. The van der Waals surface area contributed by atoms with E-state index in [4.69, 9.17) is 58.1 Å². The highest BCUT2D eigenvalue weighted by Crippen LogP contribution is 2.56. The van der Waals surface area contributed by atoms with Crippen LogP contribution in [0.5, 0.6) is 11.5 Å². The molecule has 21 nitrogen and oxygen atoms in total. The number of aromatic nitrogens is 4. The van der Waals surface area contributed by atoms with Crippen LogP contribution in [0.4, 0.5) is 0 Å². The molecule has 3 aromatic carbocycles. The first-order chi connectivity index (χ1) is 36.9. The largest absolute Gasteiger partial charge is 0.497 e. The Morgan fingerprint density at radius 2 is 1.19 bits per heavy atom. The summed E-state index contributed by atoms with van der Waals surface area (Å²) in [6.45, 7) is 6.53. The highest BCUT2D eigenvalue weighted by atomic mass is 32.5. The number of H-pyrrole nitrogens is 2. The van der Waals surface area contributed by atoms with Gasteiger partial charge in [-0.3, -0.25) is 28.7 Å². The fraction of sp³-hybridized carbons (Fsp3) is 0.472. The molecule has 0 amide bonds. The average Bonchev–Trinajstić information content (AvgIpc) is 4.03. The van der Waals surface area contributed by atoms with Crippen molar-refractivity contribution in [3.63, 3.8) is 0 Å². The Morgan fingerprint density at radius 3 is 1.69 bits per heavy atom. The average molecular weight is 1120 g/mol. The van der Waals surface area contributed by atoms with Crippen LogP contribution in [0.2, 0.25) is 0 Å². The minimum atomic E-state index is -3.99. The topological polar surface area (TPSA) is 253 Å². The number of hydrogen-bond acceptors (Lipinski definition) is 18. The van der Waals surface area contributed by atoms with Crippen molar-refractivity contribution in [2.45, 2.75) is 122 Å². The van der Waals surface area contributed by atoms with Crippen LogP contribution in [-0.2, 0) is 54.2 Å². The maximum Gasteiger partial charge on any atom is 0.330 e. The number of benzene rings is 3. The second kappa shape index (κ2) is 26.8. The molecule has 0 radical (unpaired) electrons. The van der Waals surface area contributed by atoms with Crippen molar-refractivity contribution in [1.82, 2.24) is 23.8 Å². The zero-order valence-corrected chi connectivity index (χ0v) is 46.8. The lowest BCUT2D eigenvalue weighted by atomic mass is 9.80. The lowest BCUT2D eigenvalue weighted by Gasteiger charge is -2.38. The van der Waals surface area contributed by atoms with E-state index in [1.807, 2.05) is 107 Å². The molecule has 0 bridgehead atoms. The highest BCUT2D eigenvalue weighted by molar-refractivity contribution is 8.07. The van der Waals surface area contributed by atoms with E-state index in [2.05, 4.69) is 26.8 Å². The van der Waals surface area contributed by atoms with Gasteiger partial charge in [0.25, 0.3) is 19.6 Å². The zero-order chi connectivity index (χ0) is 55.4. The molecule has 2 fully saturated rings. The Bertz CT molecular complexity index is 3090. The van der Waals surface area contributed by atoms with Gasteiger partial charge in [0.05, 0.1) is 77.8 Å². The number of nitrogens with one attached hydrogen (secondary N) is 2. The van der Waals surface area contributed by atoms with Gasteiger partial charge < -0.3 is 46.3 Å². The smallest absolute Gasteiger partial charge is 0.330 e. The molecule has 2 saturated heterocycles. The van der Waals surface area contributed by atoms with Gasteiger partial charge in [-0.1, -0.05) is 54.6 Å². The van der Waals surface area contributed by atoms with Gasteiger partial charge in [0.2, 0.25) is 0 Å². The van der Waals surface area contributed by atoms with E-state index in [9.17, 15) is 29.7 Å². The molecule has 5 aromatic rings. The third-order valence-corrected chi connectivity index (χ3v) is 17.5. The molecule has 412 valence electrons. The van der Waals surface area contributed by atoms with Gasteiger partial charge in [0, 0.05) is 48.4 Å². The number of nitrogens with zero attached hydrogens (tertiary/aromatic N) is 5. The quantitative estimate of drug-likeness (QED) is 0.0308. The van der Waals surface area contributed by atoms with Crippen molar-refractivity contribution in [3.05, 3.63) is 161 Å². The van der Waals surface area contributed by atoms with Crippen LogP contribution in [0.15, 0.2) is 110 Å². The standard InChI is InChI=1S/C53H65N7O14P2S/c1-34(2)60(35(3)4)75(68-26-12-24-54)73-43-28-47(58-30-36(5)49(61)56-51(58)63)72-46(43)33-70-76(77,69-27-13-25-55)74-44-29-48(59-31-37(6)50(62)57-52(59)64)71-45(44)32-67-53(38-14-10-9-11-15-38,39-16-20-41(65-7)21-17-39)40-18-22-42(66-8)23-19-40/h9-11,14-23,30-31,34-35,43-48H,12-13,26-29,32-33H2,1-8H3,(H,56,61,63)(H,57,62,64)/t43-,44-,45+,46+,47+,48+,75?,76?/m0/s1. The molecule has 8 atom stereocenters. The van der Waals surface area contributed by atoms with Crippen molar-refractivity contribution in [2.24, 2.45) is 0 Å². The molecule has 2 aliphatic heterocycles. The second-order valence-corrected chi connectivity index (χ2v) is 23.2. The van der Waals surface area contributed by atoms with Gasteiger partial charge in [0.1, 0.15) is 41.8 Å². The first kappa shape index (κ1) is 59.0. The molecule has 0 spiro atoms. The fourth-order valence-electron chi connectivity index (χ4n) is 9.19. The summed E-state index contributed by atoms with van der Waals surface area (Å²) in [6.07, 6.45) is -2.86. The van der Waals surface area contributed by atoms with Crippen LogP contribution in [0, 0.1) is 36.5 Å². The van der Waals surface area contributed by atoms with Crippen LogP contribution >= 0.6 is 15.2 Å². The normalized spacial score (nSPS) is 20.7. The summed E-state index contributed by atoms with van der Waals surface area (Å²) in [5, 5.41) is 19.1. The van der Waals surface area contributed by atoms with Crippen molar-refractivity contribution in [3.8, 4) is 23.6 Å². The molecule has 77 heavy (non-hydrogen) atoms. The number of aryl methyl sites for hydroxylation is 2. The van der Waals surface area contributed by atoms with Crippen molar-refractivity contribution in [1.29, 1.82) is 10.5 Å². The first-order valence-electron chi connectivity index (χ1n) is 25.1. The first-order valence-corrected chi connectivity index (χ1v) is 28.8. The van der Waals surface area contributed by atoms with Gasteiger partial charge >= 0.3 is 18.1 Å². The molecule has 0 aliphatic carbocycles. The number of aromatic amines is 2. The second-order valence-electron chi connectivity index (χ2n) is 18.8. The van der Waals surface area contributed by atoms with Crippen molar-refractivity contribution in [2.75, 3.05) is 40.6 Å². The minimum Gasteiger partial charge on any atom is -0.497 e. The molecular formula is C53H65N7O14P2S. The van der Waals surface area contributed by atoms with Gasteiger partial charge in [-0.15, -0.1) is 0 Å². The van der Waals surface area contributed by atoms with Crippen LogP contribution in [-0.4, -0.2) is 101 Å². The van der Waals surface area contributed by atoms with Crippen molar-refractivity contribution >= 4 is 27.1 Å². The summed E-state index contributed by atoms with van der Waals surface area (Å²) >= 11 is 6.22. The summed E-state index contributed by atoms with van der Waals surface area (Å²) in [6, 6.07) is 28.7. The lowest BCUT2D eigenvalue weighted by Crippen LogP contribution is -2.38. The molecule has 4 heterocycles. The van der Waals surface area contributed by atoms with E-state index in [-0.39, 0.29) is 75.3 Å². The molecular weight excluding hydrogens is 1050 g/mol. The summed E-state index contributed by atoms with van der Waals surface area (Å²) < 4.78 is 69.1. The van der Waals surface area contributed by atoms with Gasteiger partial charge in [-0.05, 0) is 94.3 Å². The van der Waals surface area contributed by atoms with Gasteiger partial charge in [-0.2, -0.15) is 10.5 Å². The monoisotopic (exact) mass is 1120 g/mol. The van der Waals surface area contributed by atoms with E-state index in [0.29, 0.717) is 11.5 Å². The number of nitriles is 2. The molecule has 2 aliphatic rings. The number of ether oxygens (including phenoxy) is 5. The third-order valence-electron chi connectivity index (χ3n) is 12.9. The molecule has 24 heteroatoms. The Morgan fingerprint density at radius 1 is 0.714 bits per heavy atom. The summed E-state index contributed by atoms with van der Waals surface area (Å²) in [4.78, 5) is 56.6. The number of methoxy groups -OCH3 is 2. The van der Waals surface area contributed by atoms with E-state index in [1.165, 1.54) is 21.5 Å². The highest BCUT2D eigenvalue weighted by Gasteiger charge is 2.47. The van der Waals surface area contributed by atoms with Crippen LogP contribution < -0.4 is 32.0 Å². The number of rotatable bonds is 26. The Kier molecular flexibility index (Phi) is 20.5. The Balaban J connectivity index is 1.27. The maximum absolute atomic E-state index is 13.5. The predicted octanol–water partition coefficient (Wildman–Crippen LogP) is 7.52. The molecule has 2 N–H and O–H groups in total. The summed E-state index contributed by atoms with van der Waals surface area (Å²) in [7, 11) is 1.33. The molecule has 2 aromatic heterocycles. The van der Waals surface area contributed by atoms with Crippen LogP contribution in [0.25, 0.3) is 0 Å². The van der Waals surface area contributed by atoms with E-state index >= 15 is 0 Å². The Labute approximate surface area is 452 Å². The van der Waals surface area contributed by atoms with Gasteiger partial charge in [0.15, 0.2) is 0 Å². The van der Waals surface area contributed by atoms with E-state index in [0.717, 1.165) is 16.7 Å². The summed E-state index contributed by atoms with van der Waals surface area (Å²) in [5.74, 6) is 1.25. The summed E-state index contributed by atoms with van der Waals surface area (Å²) in [5.41, 5.74) is -1.07. The SMILES string of the molecule is COc1ccc(C(OC[C@H]2O[C@@H](n3cc(C)c(=O)[nH]c3=O)C[C@@H]2OP(=S)(OCCC#N)OC[C@H]2O[C@@H](n3cc(C)c(=O)[nH]c3=O)C[C@@H]2OP(OCCC#N)N(C(C)C)C(C)C)(c2ccccc2)c2ccc(OC)cc2)cc1. The lowest BCUT2D eigenvalue weighted by molar-refractivity contribution is -0.0941. The van der Waals surface area contributed by atoms with E-state index < -0.39 is 80.2 Å². The number of hydrogen-bond donors (Lipinski definition) is 2. The zero-order valence-electron chi connectivity index (χ0n) is 44.2. The molecule has 7 rings (SSSR count). The predicted molar refractivity (Wildman–Crippen MR) is 289 cm³/mol. The van der Waals surface area contributed by atoms with Crippen LogP contribution in [0.1, 0.15) is 93.7 Å². The van der Waals surface area contributed by atoms with Gasteiger partial charge in [-0.25, -0.2) is 14.3 Å². The van der Waals surface area contributed by atoms with Crippen molar-refractivity contribution < 1.29 is 46.3 Å². The Hall–Kier alpha value is -5.68. The molecule has 2 unspecified atom stereocenters. The fourth-order valence-corrected chi connectivity index (χ4v) is 13.1. The minimum absolute atomic E-state index is 0.0149.